The number of hydrogen-bond donors (Lipinski definition) is 0. The van der Waals surface area contributed by atoms with E-state index in [0.717, 1.165) is 0 Å². The number of ether oxygens (including phenoxy) is 2. The molecule has 0 amide bonds. The van der Waals surface area contributed by atoms with Crippen molar-refractivity contribution in [1.82, 2.24) is 4.98 Å². The highest BCUT2D eigenvalue weighted by Gasteiger charge is 2.36. The number of rotatable bonds is 9. The summed E-state index contributed by atoms with van der Waals surface area (Å²) >= 11 is 0. The van der Waals surface area contributed by atoms with Gasteiger partial charge in [-0.3, -0.25) is 9.55 Å². The van der Waals surface area contributed by atoms with Gasteiger partial charge in [0.1, 0.15) is 0 Å². The van der Waals surface area contributed by atoms with Crippen LogP contribution >= 0.6 is 7.37 Å². The molecule has 1 atom stereocenters. The molecular formula is C13H22NO4P. The number of aromatic nitrogens is 1. The molecule has 0 aliphatic heterocycles. The largest absolute Gasteiger partial charge is 0.345 e. The smallest absolute Gasteiger partial charge is 0.263 e. The number of pyridine rings is 1. The fraction of sp³-hybridized carbons (Fsp3) is 0.615. The second kappa shape index (κ2) is 8.43. The Hall–Kier alpha value is -0.740. The average Bonchev–Trinajstić information content (AvgIpc) is 2.40. The van der Waals surface area contributed by atoms with Gasteiger partial charge in [-0.05, 0) is 32.9 Å². The first-order valence-electron chi connectivity index (χ1n) is 6.52. The fourth-order valence-corrected chi connectivity index (χ4v) is 3.87. The number of nitrogens with zero attached hydrogens (tertiary/aromatic N) is 1. The van der Waals surface area contributed by atoms with Gasteiger partial charge in [0.2, 0.25) is 6.03 Å². The van der Waals surface area contributed by atoms with E-state index in [-0.39, 0.29) is 6.16 Å². The van der Waals surface area contributed by atoms with Crippen molar-refractivity contribution in [1.29, 1.82) is 0 Å². The zero-order valence-corrected chi connectivity index (χ0v) is 12.6. The Balaban J connectivity index is 2.90. The van der Waals surface area contributed by atoms with Gasteiger partial charge in [0, 0.05) is 19.4 Å². The van der Waals surface area contributed by atoms with Crippen LogP contribution in [0.2, 0.25) is 0 Å². The Kier molecular flexibility index (Phi) is 7.24. The molecule has 6 heteroatoms. The van der Waals surface area contributed by atoms with E-state index in [4.69, 9.17) is 14.0 Å². The van der Waals surface area contributed by atoms with Gasteiger partial charge in [-0.1, -0.05) is 6.07 Å². The maximum Gasteiger partial charge on any atom is 0.263 e. The summed E-state index contributed by atoms with van der Waals surface area (Å²) in [5.41, 5.74) is 0.712. The first-order chi connectivity index (χ1) is 9.16. The van der Waals surface area contributed by atoms with E-state index in [1.165, 1.54) is 0 Å². The van der Waals surface area contributed by atoms with Crippen molar-refractivity contribution in [2.45, 2.75) is 33.0 Å². The molecule has 0 radical (unpaired) electrons. The van der Waals surface area contributed by atoms with E-state index in [1.807, 2.05) is 32.0 Å². The third-order valence-electron chi connectivity index (χ3n) is 2.40. The molecule has 0 aliphatic rings. The van der Waals surface area contributed by atoms with Crippen molar-refractivity contribution < 1.29 is 18.6 Å². The van der Waals surface area contributed by atoms with E-state index in [0.29, 0.717) is 25.5 Å². The van der Waals surface area contributed by atoms with E-state index in [9.17, 15) is 4.57 Å². The topological polar surface area (TPSA) is 57.7 Å². The van der Waals surface area contributed by atoms with Gasteiger partial charge < -0.3 is 14.0 Å². The summed E-state index contributed by atoms with van der Waals surface area (Å²) in [6, 6.07) is 4.66. The van der Waals surface area contributed by atoms with Crippen LogP contribution in [0.25, 0.3) is 0 Å². The maximum atomic E-state index is 13.0. The van der Waals surface area contributed by atoms with E-state index < -0.39 is 13.4 Å². The zero-order valence-electron chi connectivity index (χ0n) is 11.7. The van der Waals surface area contributed by atoms with Crippen LogP contribution in [0.5, 0.6) is 0 Å². The highest BCUT2D eigenvalue weighted by Crippen LogP contribution is 2.55. The first kappa shape index (κ1) is 16.3. The Morgan fingerprint density at radius 3 is 2.32 bits per heavy atom. The Labute approximate surface area is 114 Å². The molecule has 1 aromatic rings. The van der Waals surface area contributed by atoms with Crippen LogP contribution in [0.15, 0.2) is 24.4 Å². The first-order valence-corrected chi connectivity index (χ1v) is 8.40. The molecule has 0 aromatic carbocycles. The quantitative estimate of drug-likeness (QED) is 0.515. The molecule has 0 saturated carbocycles. The summed E-state index contributed by atoms with van der Waals surface area (Å²) in [6.45, 7) is 6.67. The van der Waals surface area contributed by atoms with Gasteiger partial charge >= 0.3 is 0 Å². The van der Waals surface area contributed by atoms with Crippen molar-refractivity contribution >= 4 is 7.37 Å². The van der Waals surface area contributed by atoms with E-state index >= 15 is 0 Å². The normalized spacial score (nSPS) is 14.5. The maximum absolute atomic E-state index is 13.0. The van der Waals surface area contributed by atoms with E-state index in [1.54, 1.807) is 13.1 Å². The fourth-order valence-electron chi connectivity index (χ4n) is 1.68. The lowest BCUT2D eigenvalue weighted by atomic mass is 10.4. The zero-order chi connectivity index (χ0) is 14.1. The van der Waals surface area contributed by atoms with Gasteiger partial charge in [0.25, 0.3) is 7.37 Å². The average molecular weight is 287 g/mol. The molecule has 1 heterocycles. The van der Waals surface area contributed by atoms with Crippen molar-refractivity contribution in [2.75, 3.05) is 19.8 Å². The summed E-state index contributed by atoms with van der Waals surface area (Å²) in [7, 11) is -3.09. The molecule has 108 valence electrons. The van der Waals surface area contributed by atoms with Crippen LogP contribution < -0.4 is 0 Å². The lowest BCUT2D eigenvalue weighted by Crippen LogP contribution is -2.20. The van der Waals surface area contributed by atoms with Crippen molar-refractivity contribution in [3.63, 3.8) is 0 Å². The highest BCUT2D eigenvalue weighted by molar-refractivity contribution is 7.58. The minimum atomic E-state index is -3.09. The van der Waals surface area contributed by atoms with Crippen molar-refractivity contribution in [3.05, 3.63) is 30.1 Å². The summed E-state index contributed by atoms with van der Waals surface area (Å²) < 4.78 is 29.3. The summed E-state index contributed by atoms with van der Waals surface area (Å²) in [4.78, 5) is 4.19. The molecule has 0 saturated heterocycles. The van der Waals surface area contributed by atoms with Gasteiger partial charge in [-0.25, -0.2) is 0 Å². The van der Waals surface area contributed by atoms with Gasteiger partial charge in [-0.15, -0.1) is 0 Å². The molecule has 0 fully saturated rings. The third-order valence-corrected chi connectivity index (χ3v) is 4.80. The number of hydrogen-bond acceptors (Lipinski definition) is 5. The molecule has 0 N–H and O–H groups in total. The second-order valence-corrected chi connectivity index (χ2v) is 6.29. The standard InChI is InChI=1S/C13H22NO4P/c1-4-16-13(17-5-2)19(15,18-6-3)11-12-9-7-8-10-14-12/h7-10,13H,4-6,11H2,1-3H3/t19-/m0/s1. The lowest BCUT2D eigenvalue weighted by molar-refractivity contribution is -0.0890. The second-order valence-electron chi connectivity index (χ2n) is 3.84. The Bertz CT molecular complexity index is 393. The summed E-state index contributed by atoms with van der Waals surface area (Å²) in [5, 5.41) is 0. The molecule has 5 nitrogen and oxygen atoms in total. The van der Waals surface area contributed by atoms with Crippen LogP contribution in [-0.4, -0.2) is 30.8 Å². The molecule has 0 spiro atoms. The molecule has 1 aromatic heterocycles. The van der Waals surface area contributed by atoms with E-state index in [2.05, 4.69) is 4.98 Å². The minimum Gasteiger partial charge on any atom is -0.345 e. The molecule has 0 aliphatic carbocycles. The van der Waals surface area contributed by atoms with Crippen molar-refractivity contribution in [3.8, 4) is 0 Å². The molecule has 1 rings (SSSR count). The highest BCUT2D eigenvalue weighted by atomic mass is 31.2. The lowest BCUT2D eigenvalue weighted by Gasteiger charge is -2.26. The van der Waals surface area contributed by atoms with Crippen LogP contribution in [-0.2, 0) is 24.7 Å². The third kappa shape index (κ3) is 5.03. The van der Waals surface area contributed by atoms with Gasteiger partial charge in [0.05, 0.1) is 18.5 Å². The van der Waals surface area contributed by atoms with Crippen molar-refractivity contribution in [2.24, 2.45) is 0 Å². The van der Waals surface area contributed by atoms with Crippen LogP contribution in [0.1, 0.15) is 26.5 Å². The Morgan fingerprint density at radius 2 is 1.84 bits per heavy atom. The predicted molar refractivity (Wildman–Crippen MR) is 74.2 cm³/mol. The van der Waals surface area contributed by atoms with Gasteiger partial charge in [-0.2, -0.15) is 0 Å². The molecular weight excluding hydrogens is 265 g/mol. The molecule has 19 heavy (non-hydrogen) atoms. The minimum absolute atomic E-state index is 0.215. The SMILES string of the molecule is CCOC(OCC)[P@](=O)(Cc1ccccn1)OCC. The summed E-state index contributed by atoms with van der Waals surface area (Å²) in [6.07, 6.45) is 1.88. The Morgan fingerprint density at radius 1 is 1.16 bits per heavy atom. The van der Waals surface area contributed by atoms with Gasteiger partial charge in [0.15, 0.2) is 0 Å². The predicted octanol–water partition coefficient (Wildman–Crippen LogP) is 3.25. The van der Waals surface area contributed by atoms with Crippen LogP contribution in [0.3, 0.4) is 0 Å². The van der Waals surface area contributed by atoms with Crippen LogP contribution in [0, 0.1) is 0 Å². The van der Waals surface area contributed by atoms with Crippen LogP contribution in [0.4, 0.5) is 0 Å². The summed E-state index contributed by atoms with van der Waals surface area (Å²) in [5.74, 6) is 0. The molecule has 0 bridgehead atoms. The molecule has 0 unspecified atom stereocenters. The monoisotopic (exact) mass is 287 g/mol.